The first kappa shape index (κ1) is 18.6. The summed E-state index contributed by atoms with van der Waals surface area (Å²) >= 11 is 3.43. The predicted molar refractivity (Wildman–Crippen MR) is 103 cm³/mol. The highest BCUT2D eigenvalue weighted by Gasteiger charge is 2.32. The first-order valence-corrected chi connectivity index (χ1v) is 9.32. The van der Waals surface area contributed by atoms with E-state index in [1.807, 2.05) is 47.4 Å². The van der Waals surface area contributed by atoms with E-state index in [0.717, 1.165) is 34.4 Å². The van der Waals surface area contributed by atoms with Crippen molar-refractivity contribution in [3.63, 3.8) is 0 Å². The molecule has 0 bridgehead atoms. The monoisotopic (exact) mass is 419 g/mol. The Balaban J connectivity index is 1.75. The van der Waals surface area contributed by atoms with E-state index >= 15 is 0 Å². The van der Waals surface area contributed by atoms with E-state index < -0.39 is 0 Å². The number of carbonyl (C=O) groups is 1. The second-order valence-corrected chi connectivity index (χ2v) is 6.93. The molecular formula is C20H22BrNO4. The van der Waals surface area contributed by atoms with E-state index in [4.69, 9.17) is 14.2 Å². The molecule has 1 amide bonds. The third-order valence-electron chi connectivity index (χ3n) is 4.56. The summed E-state index contributed by atoms with van der Waals surface area (Å²) in [4.78, 5) is 14.7. The third-order valence-corrected chi connectivity index (χ3v) is 5.21. The summed E-state index contributed by atoms with van der Waals surface area (Å²) in [6.07, 6.45) is 1.84. The zero-order chi connectivity index (χ0) is 18.5. The molecule has 1 aliphatic heterocycles. The maximum atomic E-state index is 12.8. The minimum absolute atomic E-state index is 0.00535. The van der Waals surface area contributed by atoms with Crippen LogP contribution in [-0.2, 0) is 4.79 Å². The van der Waals surface area contributed by atoms with E-state index in [1.165, 1.54) is 0 Å². The van der Waals surface area contributed by atoms with Gasteiger partial charge in [0.1, 0.15) is 17.2 Å². The Morgan fingerprint density at radius 3 is 2.69 bits per heavy atom. The number of likely N-dealkylation sites (tertiary alicyclic amines) is 1. The molecule has 0 spiro atoms. The number of methoxy groups -OCH3 is 2. The van der Waals surface area contributed by atoms with E-state index in [9.17, 15) is 4.79 Å². The fourth-order valence-corrected chi connectivity index (χ4v) is 3.67. The van der Waals surface area contributed by atoms with Crippen molar-refractivity contribution in [3.8, 4) is 17.2 Å². The summed E-state index contributed by atoms with van der Waals surface area (Å²) < 4.78 is 17.4. The Hall–Kier alpha value is -2.21. The summed E-state index contributed by atoms with van der Waals surface area (Å²) in [6, 6.07) is 13.2. The molecule has 1 saturated heterocycles. The van der Waals surface area contributed by atoms with Crippen LogP contribution >= 0.6 is 15.9 Å². The maximum Gasteiger partial charge on any atom is 0.261 e. The van der Waals surface area contributed by atoms with Gasteiger partial charge in [0, 0.05) is 12.1 Å². The van der Waals surface area contributed by atoms with Crippen molar-refractivity contribution < 1.29 is 19.0 Å². The van der Waals surface area contributed by atoms with Crippen molar-refractivity contribution in [1.82, 2.24) is 4.90 Å². The molecule has 0 N–H and O–H groups in total. The summed E-state index contributed by atoms with van der Waals surface area (Å²) in [6.45, 7) is 0.717. The van der Waals surface area contributed by atoms with Crippen molar-refractivity contribution in [2.24, 2.45) is 0 Å². The first-order valence-electron chi connectivity index (χ1n) is 8.52. The molecule has 2 aromatic rings. The normalized spacial score (nSPS) is 16.4. The Morgan fingerprint density at radius 1 is 1.15 bits per heavy atom. The number of para-hydroxylation sites is 1. The molecule has 3 rings (SSSR count). The lowest BCUT2D eigenvalue weighted by atomic mass is 10.0. The first-order chi connectivity index (χ1) is 12.6. The van der Waals surface area contributed by atoms with Gasteiger partial charge in [-0.05, 0) is 59.1 Å². The van der Waals surface area contributed by atoms with Crippen LogP contribution in [0.5, 0.6) is 17.2 Å². The van der Waals surface area contributed by atoms with Crippen LogP contribution in [0, 0.1) is 0 Å². The van der Waals surface area contributed by atoms with Gasteiger partial charge in [0.25, 0.3) is 5.91 Å². The van der Waals surface area contributed by atoms with Crippen LogP contribution in [0.25, 0.3) is 0 Å². The Labute approximate surface area is 162 Å². The van der Waals surface area contributed by atoms with Gasteiger partial charge >= 0.3 is 0 Å². The van der Waals surface area contributed by atoms with Crippen LogP contribution in [0.4, 0.5) is 0 Å². The van der Waals surface area contributed by atoms with Gasteiger partial charge in [0.2, 0.25) is 0 Å². The number of halogens is 1. The van der Waals surface area contributed by atoms with E-state index in [0.29, 0.717) is 12.3 Å². The lowest BCUT2D eigenvalue weighted by Crippen LogP contribution is -2.34. The second kappa shape index (κ2) is 8.45. The van der Waals surface area contributed by atoms with Crippen molar-refractivity contribution in [2.75, 3.05) is 27.4 Å². The molecule has 0 saturated carbocycles. The third kappa shape index (κ3) is 3.96. The average molecular weight is 420 g/mol. The smallest absolute Gasteiger partial charge is 0.261 e. The summed E-state index contributed by atoms with van der Waals surface area (Å²) in [5.74, 6) is 2.15. The standard InChI is InChI=1S/C20H22BrNO4/c1-24-14-9-10-18(25-2)15(12-14)17-7-5-11-22(17)20(23)13-26-19-8-4-3-6-16(19)21/h3-4,6,8-10,12,17H,5,7,11,13H2,1-2H3. The molecule has 1 fully saturated rings. The fourth-order valence-electron chi connectivity index (χ4n) is 3.27. The second-order valence-electron chi connectivity index (χ2n) is 6.07. The number of carbonyl (C=O) groups excluding carboxylic acids is 1. The maximum absolute atomic E-state index is 12.8. The zero-order valence-corrected chi connectivity index (χ0v) is 16.5. The van der Waals surface area contributed by atoms with Gasteiger partial charge in [-0.2, -0.15) is 0 Å². The van der Waals surface area contributed by atoms with E-state index in [1.54, 1.807) is 14.2 Å². The van der Waals surface area contributed by atoms with Gasteiger partial charge in [0.15, 0.2) is 6.61 Å². The van der Waals surface area contributed by atoms with Crippen LogP contribution in [0.15, 0.2) is 46.9 Å². The summed E-state index contributed by atoms with van der Waals surface area (Å²) in [7, 11) is 3.27. The van der Waals surface area contributed by atoms with Crippen molar-refractivity contribution in [2.45, 2.75) is 18.9 Å². The minimum atomic E-state index is -0.0341. The molecule has 1 aliphatic rings. The highest BCUT2D eigenvalue weighted by Crippen LogP contribution is 2.39. The molecule has 1 heterocycles. The minimum Gasteiger partial charge on any atom is -0.497 e. The molecule has 5 nitrogen and oxygen atoms in total. The molecule has 0 radical (unpaired) electrons. The molecular weight excluding hydrogens is 398 g/mol. The van der Waals surface area contributed by atoms with Crippen LogP contribution in [0.3, 0.4) is 0 Å². The average Bonchev–Trinajstić information content (AvgIpc) is 3.16. The molecule has 1 atom stereocenters. The van der Waals surface area contributed by atoms with Crippen LogP contribution < -0.4 is 14.2 Å². The van der Waals surface area contributed by atoms with E-state index in [-0.39, 0.29) is 18.6 Å². The van der Waals surface area contributed by atoms with Gasteiger partial charge < -0.3 is 19.1 Å². The number of hydrogen-bond acceptors (Lipinski definition) is 4. The number of rotatable bonds is 6. The largest absolute Gasteiger partial charge is 0.497 e. The summed E-state index contributed by atoms with van der Waals surface area (Å²) in [5.41, 5.74) is 0.971. The number of nitrogens with zero attached hydrogens (tertiary/aromatic N) is 1. The highest BCUT2D eigenvalue weighted by atomic mass is 79.9. The van der Waals surface area contributed by atoms with Gasteiger partial charge in [0.05, 0.1) is 24.7 Å². The molecule has 2 aromatic carbocycles. The van der Waals surface area contributed by atoms with Gasteiger partial charge in [-0.15, -0.1) is 0 Å². The lowest BCUT2D eigenvalue weighted by Gasteiger charge is -2.26. The topological polar surface area (TPSA) is 48.0 Å². The zero-order valence-electron chi connectivity index (χ0n) is 14.9. The van der Waals surface area contributed by atoms with Gasteiger partial charge in [-0.1, -0.05) is 12.1 Å². The van der Waals surface area contributed by atoms with E-state index in [2.05, 4.69) is 15.9 Å². The van der Waals surface area contributed by atoms with Gasteiger partial charge in [-0.3, -0.25) is 4.79 Å². The number of benzene rings is 2. The molecule has 1 unspecified atom stereocenters. The van der Waals surface area contributed by atoms with Gasteiger partial charge in [-0.25, -0.2) is 0 Å². The van der Waals surface area contributed by atoms with Crippen molar-refractivity contribution in [3.05, 3.63) is 52.5 Å². The molecule has 138 valence electrons. The molecule has 0 aliphatic carbocycles. The highest BCUT2D eigenvalue weighted by molar-refractivity contribution is 9.10. The van der Waals surface area contributed by atoms with Crippen molar-refractivity contribution >= 4 is 21.8 Å². The SMILES string of the molecule is COc1ccc(OC)c(C2CCCN2C(=O)COc2ccccc2Br)c1. The number of ether oxygens (including phenoxy) is 3. The molecule has 6 heteroatoms. The fraction of sp³-hybridized carbons (Fsp3) is 0.350. The van der Waals surface area contributed by atoms with Crippen LogP contribution in [0.2, 0.25) is 0 Å². The number of hydrogen-bond donors (Lipinski definition) is 0. The van der Waals surface area contributed by atoms with Crippen LogP contribution in [-0.4, -0.2) is 38.2 Å². The van der Waals surface area contributed by atoms with Crippen LogP contribution in [0.1, 0.15) is 24.4 Å². The number of amides is 1. The lowest BCUT2D eigenvalue weighted by molar-refractivity contribution is -0.134. The predicted octanol–water partition coefficient (Wildman–Crippen LogP) is 4.21. The summed E-state index contributed by atoms with van der Waals surface area (Å²) in [5, 5.41) is 0. The Kier molecular flexibility index (Phi) is 6.04. The Morgan fingerprint density at radius 2 is 1.96 bits per heavy atom. The van der Waals surface area contributed by atoms with Crippen molar-refractivity contribution in [1.29, 1.82) is 0 Å². The quantitative estimate of drug-likeness (QED) is 0.703. The molecule has 26 heavy (non-hydrogen) atoms. The Bertz CT molecular complexity index is 780. The molecule has 0 aromatic heterocycles.